The molecule has 0 saturated carbocycles. The van der Waals surface area contributed by atoms with E-state index in [9.17, 15) is 29.6 Å². The van der Waals surface area contributed by atoms with Gasteiger partial charge in [-0.1, -0.05) is 91.0 Å². The number of aliphatic hydroxyl groups is 1. The molecule has 3 amide bonds. The first-order valence-corrected chi connectivity index (χ1v) is 18.2. The van der Waals surface area contributed by atoms with E-state index in [1.807, 2.05) is 65.6 Å². The summed E-state index contributed by atoms with van der Waals surface area (Å²) in [7, 11) is 0. The van der Waals surface area contributed by atoms with E-state index in [0.29, 0.717) is 22.4 Å². The fraction of sp³-hybridized carbons (Fsp3) is 0.209. The number of fused-ring (bicyclic) bond motifs is 3. The fourth-order valence-electron chi connectivity index (χ4n) is 8.73. The van der Waals surface area contributed by atoms with Crippen molar-refractivity contribution in [3.63, 3.8) is 0 Å². The first kappa shape index (κ1) is 37.0. The van der Waals surface area contributed by atoms with Crippen LogP contribution in [0.15, 0.2) is 133 Å². The summed E-state index contributed by atoms with van der Waals surface area (Å²) < 4.78 is 17.8. The van der Waals surface area contributed by atoms with E-state index >= 15 is 4.79 Å². The van der Waals surface area contributed by atoms with E-state index in [0.717, 1.165) is 10.5 Å². The molecular weight excluding hydrogens is 732 g/mol. The number of benzene rings is 5. The van der Waals surface area contributed by atoms with Gasteiger partial charge in [0.1, 0.15) is 36.5 Å². The molecule has 6 unspecified atom stereocenters. The highest BCUT2D eigenvalue weighted by molar-refractivity contribution is 6.23. The van der Waals surface area contributed by atoms with Gasteiger partial charge in [-0.25, -0.2) is 9.69 Å². The number of nitrogens with two attached hydrogens (primary N) is 1. The van der Waals surface area contributed by atoms with Crippen molar-refractivity contribution >= 4 is 35.3 Å². The summed E-state index contributed by atoms with van der Waals surface area (Å²) in [5, 5.41) is 20.8. The van der Waals surface area contributed by atoms with Gasteiger partial charge in [-0.2, -0.15) is 0 Å². The molecule has 3 aliphatic rings. The number of primary amides is 1. The summed E-state index contributed by atoms with van der Waals surface area (Å²) in [6.45, 7) is -0.627. The van der Waals surface area contributed by atoms with Crippen LogP contribution < -0.4 is 15.4 Å². The van der Waals surface area contributed by atoms with Gasteiger partial charge in [0, 0.05) is 12.1 Å². The second-order valence-corrected chi connectivity index (χ2v) is 13.9. The molecule has 14 nitrogen and oxygen atoms in total. The number of rotatable bonds is 10. The molecule has 0 bridgehead atoms. The lowest BCUT2D eigenvalue weighted by atomic mass is 9.65. The normalized spacial score (nSPS) is 23.7. The monoisotopic (exact) mass is 768 g/mol. The number of nitrogens with zero attached hydrogens (tertiary/aromatic N) is 3. The summed E-state index contributed by atoms with van der Waals surface area (Å²) in [5.41, 5.74) is 6.86. The zero-order valence-corrected chi connectivity index (χ0v) is 30.3. The molecule has 0 radical (unpaired) electrons. The van der Waals surface area contributed by atoms with E-state index in [4.69, 9.17) is 19.9 Å². The van der Waals surface area contributed by atoms with Crippen molar-refractivity contribution in [1.29, 1.82) is 0 Å². The largest absolute Gasteiger partial charge is 0.491 e. The van der Waals surface area contributed by atoms with Crippen molar-refractivity contribution in [1.82, 2.24) is 4.90 Å². The molecule has 3 N–H and O–H groups in total. The summed E-state index contributed by atoms with van der Waals surface area (Å²) >= 11 is 0. The Morgan fingerprint density at radius 2 is 1.47 bits per heavy atom. The third-order valence-electron chi connectivity index (χ3n) is 10.9. The van der Waals surface area contributed by atoms with Crippen molar-refractivity contribution in [2.75, 3.05) is 18.1 Å². The molecule has 0 aliphatic carbocycles. The van der Waals surface area contributed by atoms with Crippen LogP contribution in [0.2, 0.25) is 0 Å². The lowest BCUT2D eigenvalue weighted by Gasteiger charge is -2.46. The Morgan fingerprint density at radius 1 is 0.825 bits per heavy atom. The molecule has 1 spiro atoms. The maximum Gasteiger partial charge on any atom is 0.421 e. The van der Waals surface area contributed by atoms with Gasteiger partial charge in [0.05, 0.1) is 35.2 Å². The predicted molar refractivity (Wildman–Crippen MR) is 203 cm³/mol. The van der Waals surface area contributed by atoms with E-state index < -0.39 is 64.4 Å². The number of aliphatic hydroxyl groups excluding tert-OH is 1. The van der Waals surface area contributed by atoms with E-state index in [1.165, 1.54) is 24.3 Å². The van der Waals surface area contributed by atoms with Crippen LogP contribution in [0.5, 0.6) is 5.75 Å². The van der Waals surface area contributed by atoms with Crippen LogP contribution in [0.1, 0.15) is 46.0 Å². The molecule has 14 heteroatoms. The van der Waals surface area contributed by atoms with Gasteiger partial charge in [-0.3, -0.25) is 29.4 Å². The van der Waals surface area contributed by atoms with Gasteiger partial charge in [0.15, 0.2) is 0 Å². The van der Waals surface area contributed by atoms with E-state index in [1.54, 1.807) is 48.5 Å². The van der Waals surface area contributed by atoms with Crippen LogP contribution in [0.3, 0.4) is 0 Å². The Morgan fingerprint density at radius 3 is 2.14 bits per heavy atom. The van der Waals surface area contributed by atoms with Crippen LogP contribution in [-0.4, -0.2) is 58.1 Å². The molecule has 57 heavy (non-hydrogen) atoms. The van der Waals surface area contributed by atoms with E-state index in [2.05, 4.69) is 0 Å². The van der Waals surface area contributed by atoms with Crippen molar-refractivity contribution in [3.8, 4) is 5.75 Å². The fourth-order valence-corrected chi connectivity index (χ4v) is 8.73. The topological polar surface area (TPSA) is 192 Å². The van der Waals surface area contributed by atoms with E-state index in [-0.39, 0.29) is 36.8 Å². The number of para-hydroxylation sites is 1. The standard InChI is InChI=1S/C43H36N4O10/c44-39(49)34-36-40(50)57-37(28-12-5-2-6-13-28)35(27-10-3-1-4-11-27)46(36)38(29-14-9-15-31(24-29)55-23-22-48)43(34)32-16-7-8-17-33(32)45(41(43)51)42(52)56-25-26-18-20-30(21-19-26)47(53)54/h1-21,24,34-38,48H,22-23,25H2,(H2,44,49). The number of esters is 1. The molecule has 5 aromatic carbocycles. The molecule has 3 aliphatic heterocycles. The van der Waals surface area contributed by atoms with Crippen molar-refractivity contribution in [2.45, 2.75) is 36.3 Å². The highest BCUT2D eigenvalue weighted by atomic mass is 16.6. The molecule has 2 fully saturated rings. The molecule has 2 saturated heterocycles. The number of imide groups is 1. The molecule has 0 aromatic heterocycles. The second-order valence-electron chi connectivity index (χ2n) is 13.9. The number of carbonyl (C=O) groups excluding carboxylic acids is 4. The number of anilines is 1. The Labute approximate surface area is 326 Å². The van der Waals surface area contributed by atoms with Crippen LogP contribution >= 0.6 is 0 Å². The van der Waals surface area contributed by atoms with Gasteiger partial charge in [0.2, 0.25) is 11.8 Å². The van der Waals surface area contributed by atoms with Crippen LogP contribution in [0.25, 0.3) is 0 Å². The van der Waals surface area contributed by atoms with Crippen molar-refractivity contribution in [3.05, 3.63) is 171 Å². The molecule has 6 atom stereocenters. The molecular formula is C43H36N4O10. The minimum Gasteiger partial charge on any atom is -0.491 e. The number of hydrogen-bond acceptors (Lipinski definition) is 11. The Hall–Kier alpha value is -6.90. The van der Waals surface area contributed by atoms with Crippen molar-refractivity contribution < 1.29 is 43.4 Å². The molecule has 3 heterocycles. The number of carbonyl (C=O) groups is 4. The third kappa shape index (κ3) is 6.15. The van der Waals surface area contributed by atoms with Crippen LogP contribution in [0, 0.1) is 16.0 Å². The van der Waals surface area contributed by atoms with Gasteiger partial charge >= 0.3 is 12.1 Å². The van der Waals surface area contributed by atoms with Crippen molar-refractivity contribution in [2.24, 2.45) is 11.7 Å². The Bertz CT molecular complexity index is 2360. The minimum atomic E-state index is -2.01. The lowest BCUT2D eigenvalue weighted by molar-refractivity contribution is -0.384. The maximum atomic E-state index is 15.7. The van der Waals surface area contributed by atoms with Gasteiger partial charge < -0.3 is 25.1 Å². The second kappa shape index (κ2) is 15.0. The summed E-state index contributed by atoms with van der Waals surface area (Å²) in [6.07, 6.45) is -1.98. The Balaban J connectivity index is 1.34. The van der Waals surface area contributed by atoms with Crippen LogP contribution in [-0.2, 0) is 35.9 Å². The lowest BCUT2D eigenvalue weighted by Crippen LogP contribution is -2.55. The number of amides is 3. The highest BCUT2D eigenvalue weighted by Gasteiger charge is 2.75. The number of hydrogen-bond donors (Lipinski definition) is 2. The molecule has 8 rings (SSSR count). The highest BCUT2D eigenvalue weighted by Crippen LogP contribution is 2.65. The summed E-state index contributed by atoms with van der Waals surface area (Å²) in [6, 6.07) is 33.9. The number of nitro benzene ring substituents is 1. The smallest absolute Gasteiger partial charge is 0.421 e. The SMILES string of the molecule is NC(=O)C1C2C(=O)OC(c3ccccc3)C(c3ccccc3)N2C(c2cccc(OCCO)c2)C12C(=O)N(C(=O)OCc1ccc([N+](=O)[O-])cc1)c1ccccc12. The molecule has 288 valence electrons. The minimum absolute atomic E-state index is 0.0271. The number of cyclic esters (lactones) is 1. The average molecular weight is 769 g/mol. The maximum absolute atomic E-state index is 15.7. The first-order valence-electron chi connectivity index (χ1n) is 18.2. The third-order valence-corrected chi connectivity index (χ3v) is 10.9. The van der Waals surface area contributed by atoms with Crippen LogP contribution in [0.4, 0.5) is 16.2 Å². The zero-order valence-electron chi connectivity index (χ0n) is 30.3. The van der Waals surface area contributed by atoms with Gasteiger partial charge in [-0.15, -0.1) is 0 Å². The summed E-state index contributed by atoms with van der Waals surface area (Å²) in [4.78, 5) is 72.0. The number of morpholine rings is 1. The number of non-ortho nitro benzene ring substituents is 1. The first-order chi connectivity index (χ1) is 27.7. The van der Waals surface area contributed by atoms with Gasteiger partial charge in [-0.05, 0) is 58.1 Å². The van der Waals surface area contributed by atoms with Gasteiger partial charge in [0.25, 0.3) is 5.69 Å². The average Bonchev–Trinajstić information content (AvgIpc) is 3.69. The number of ether oxygens (including phenoxy) is 3. The zero-order chi connectivity index (χ0) is 39.8. The Kier molecular flexibility index (Phi) is 9.73. The number of nitro groups is 1. The molecule has 5 aromatic rings. The summed E-state index contributed by atoms with van der Waals surface area (Å²) in [5.74, 6) is -3.81. The quantitative estimate of drug-likeness (QED) is 0.104. The predicted octanol–water partition coefficient (Wildman–Crippen LogP) is 5.45.